The van der Waals surface area contributed by atoms with Gasteiger partial charge >= 0.3 is 0 Å². The zero-order chi connectivity index (χ0) is 14.3. The monoisotopic (exact) mass is 349 g/mol. The molecule has 1 heterocycles. The summed E-state index contributed by atoms with van der Waals surface area (Å²) in [7, 11) is 0. The maximum atomic E-state index is 12.4. The molecule has 2 aromatic carbocycles. The van der Waals surface area contributed by atoms with E-state index < -0.39 is 0 Å². The van der Waals surface area contributed by atoms with Crippen molar-refractivity contribution >= 4 is 50.0 Å². The first-order valence-electron chi connectivity index (χ1n) is 5.84. The van der Waals surface area contributed by atoms with Crippen LogP contribution in [0.4, 0.5) is 5.69 Å². The highest BCUT2D eigenvalue weighted by molar-refractivity contribution is 9.10. The van der Waals surface area contributed by atoms with Gasteiger partial charge in [-0.2, -0.15) is 0 Å². The highest BCUT2D eigenvalue weighted by atomic mass is 79.9. The third-order valence-electron chi connectivity index (χ3n) is 3.00. The Morgan fingerprint density at radius 3 is 2.55 bits per heavy atom. The average Bonchev–Trinajstić information content (AvgIpc) is 2.76. The molecule has 0 fully saturated rings. The third-order valence-corrected chi connectivity index (χ3v) is 3.75. The van der Waals surface area contributed by atoms with E-state index in [0.717, 1.165) is 9.86 Å². The van der Waals surface area contributed by atoms with Crippen molar-refractivity contribution in [3.8, 4) is 0 Å². The molecular weight excluding hydrogens is 342 g/mol. The number of hydrogen-bond donors (Lipinski definition) is 1. The van der Waals surface area contributed by atoms with Gasteiger partial charge in [-0.05, 0) is 42.5 Å². The number of benzene rings is 2. The van der Waals surface area contributed by atoms with E-state index in [1.807, 2.05) is 12.1 Å². The number of anilines is 1. The SMILES string of the molecule is Nc1c(C(=O)c2ccc(Cl)cc2)oc2ccc(Br)cc12. The van der Waals surface area contributed by atoms with Crippen LogP contribution in [-0.2, 0) is 0 Å². The van der Waals surface area contributed by atoms with Crippen LogP contribution in [0.2, 0.25) is 5.02 Å². The zero-order valence-corrected chi connectivity index (χ0v) is 12.5. The van der Waals surface area contributed by atoms with Gasteiger partial charge in [-0.25, -0.2) is 0 Å². The van der Waals surface area contributed by atoms with Crippen LogP contribution in [0, 0.1) is 0 Å². The molecule has 5 heteroatoms. The lowest BCUT2D eigenvalue weighted by molar-refractivity contribution is 0.101. The number of carbonyl (C=O) groups is 1. The van der Waals surface area contributed by atoms with E-state index in [1.165, 1.54) is 0 Å². The summed E-state index contributed by atoms with van der Waals surface area (Å²) in [5.41, 5.74) is 7.43. The number of nitrogen functional groups attached to an aromatic ring is 1. The molecule has 0 atom stereocenters. The van der Waals surface area contributed by atoms with E-state index >= 15 is 0 Å². The first-order valence-corrected chi connectivity index (χ1v) is 7.01. The summed E-state index contributed by atoms with van der Waals surface area (Å²) in [6.45, 7) is 0. The van der Waals surface area contributed by atoms with Gasteiger partial charge in [-0.1, -0.05) is 27.5 Å². The second-order valence-electron chi connectivity index (χ2n) is 4.32. The predicted octanol–water partition coefficient (Wildman–Crippen LogP) is 4.66. The van der Waals surface area contributed by atoms with Crippen LogP contribution in [-0.4, -0.2) is 5.78 Å². The number of halogens is 2. The molecule has 2 N–H and O–H groups in total. The van der Waals surface area contributed by atoms with Crippen molar-refractivity contribution in [2.45, 2.75) is 0 Å². The quantitative estimate of drug-likeness (QED) is 0.684. The van der Waals surface area contributed by atoms with E-state index in [4.69, 9.17) is 21.8 Å². The maximum absolute atomic E-state index is 12.4. The lowest BCUT2D eigenvalue weighted by Gasteiger charge is -1.99. The molecule has 0 aliphatic rings. The summed E-state index contributed by atoms with van der Waals surface area (Å²) in [4.78, 5) is 12.4. The summed E-state index contributed by atoms with van der Waals surface area (Å²) < 4.78 is 6.45. The molecule has 0 unspecified atom stereocenters. The Bertz CT molecular complexity index is 809. The van der Waals surface area contributed by atoms with E-state index in [9.17, 15) is 4.79 Å². The van der Waals surface area contributed by atoms with Crippen molar-refractivity contribution in [3.63, 3.8) is 0 Å². The number of ketones is 1. The number of fused-ring (bicyclic) bond motifs is 1. The molecule has 0 saturated carbocycles. The van der Waals surface area contributed by atoms with Gasteiger partial charge in [0.1, 0.15) is 5.58 Å². The minimum Gasteiger partial charge on any atom is -0.450 e. The first-order chi connectivity index (χ1) is 9.56. The lowest BCUT2D eigenvalue weighted by Crippen LogP contribution is -2.02. The number of furan rings is 1. The molecule has 3 aromatic rings. The largest absolute Gasteiger partial charge is 0.450 e. The van der Waals surface area contributed by atoms with Crippen molar-refractivity contribution in [1.82, 2.24) is 0 Å². The highest BCUT2D eigenvalue weighted by Gasteiger charge is 2.20. The zero-order valence-electron chi connectivity index (χ0n) is 10.2. The van der Waals surface area contributed by atoms with Gasteiger partial charge in [0.2, 0.25) is 5.78 Å². The Balaban J connectivity index is 2.12. The van der Waals surface area contributed by atoms with Crippen molar-refractivity contribution in [3.05, 3.63) is 63.3 Å². The topological polar surface area (TPSA) is 56.2 Å². The predicted molar refractivity (Wildman–Crippen MR) is 83.2 cm³/mol. The molecule has 0 amide bonds. The Hall–Kier alpha value is -1.78. The van der Waals surface area contributed by atoms with Crippen molar-refractivity contribution < 1.29 is 9.21 Å². The number of rotatable bonds is 2. The Morgan fingerprint density at radius 1 is 1.15 bits per heavy atom. The van der Waals surface area contributed by atoms with Crippen LogP contribution in [0.1, 0.15) is 16.1 Å². The van der Waals surface area contributed by atoms with Gasteiger partial charge in [0.15, 0.2) is 5.76 Å². The van der Waals surface area contributed by atoms with Crippen LogP contribution >= 0.6 is 27.5 Å². The second-order valence-corrected chi connectivity index (χ2v) is 5.67. The van der Waals surface area contributed by atoms with E-state index in [0.29, 0.717) is 21.9 Å². The fraction of sp³-hybridized carbons (Fsp3) is 0. The van der Waals surface area contributed by atoms with Crippen LogP contribution in [0.5, 0.6) is 0 Å². The molecule has 1 aromatic heterocycles. The van der Waals surface area contributed by atoms with Gasteiger partial charge in [0, 0.05) is 20.4 Å². The summed E-state index contributed by atoms with van der Waals surface area (Å²) in [5.74, 6) is -0.105. The molecule has 0 radical (unpaired) electrons. The minimum absolute atomic E-state index is 0.153. The fourth-order valence-corrected chi connectivity index (χ4v) is 2.48. The molecule has 20 heavy (non-hydrogen) atoms. The van der Waals surface area contributed by atoms with E-state index in [-0.39, 0.29) is 11.5 Å². The molecule has 3 rings (SSSR count). The minimum atomic E-state index is -0.258. The smallest absolute Gasteiger partial charge is 0.230 e. The molecule has 3 nitrogen and oxygen atoms in total. The Kier molecular flexibility index (Phi) is 3.28. The van der Waals surface area contributed by atoms with Gasteiger partial charge in [-0.3, -0.25) is 4.79 Å². The molecular formula is C15H9BrClNO2. The molecule has 0 spiro atoms. The van der Waals surface area contributed by atoms with Crippen LogP contribution in [0.3, 0.4) is 0 Å². The average molecular weight is 351 g/mol. The maximum Gasteiger partial charge on any atom is 0.230 e. The van der Waals surface area contributed by atoms with Crippen LogP contribution in [0.15, 0.2) is 51.4 Å². The Morgan fingerprint density at radius 2 is 1.85 bits per heavy atom. The summed E-state index contributed by atoms with van der Waals surface area (Å²) in [6.07, 6.45) is 0. The van der Waals surface area contributed by atoms with Crippen LogP contribution < -0.4 is 5.73 Å². The van der Waals surface area contributed by atoms with Gasteiger partial charge in [0.05, 0.1) is 5.69 Å². The highest BCUT2D eigenvalue weighted by Crippen LogP contribution is 2.32. The molecule has 0 aliphatic carbocycles. The molecule has 0 saturated heterocycles. The van der Waals surface area contributed by atoms with Crippen LogP contribution in [0.25, 0.3) is 11.0 Å². The van der Waals surface area contributed by atoms with Crippen molar-refractivity contribution in [2.24, 2.45) is 0 Å². The standard InChI is InChI=1S/C15H9BrClNO2/c16-9-3-6-12-11(7-9)13(18)15(20-12)14(19)8-1-4-10(17)5-2-8/h1-7H,18H2. The van der Waals surface area contributed by atoms with Crippen molar-refractivity contribution in [1.29, 1.82) is 0 Å². The van der Waals surface area contributed by atoms with Gasteiger partial charge in [0.25, 0.3) is 0 Å². The Labute approximate surface area is 128 Å². The van der Waals surface area contributed by atoms with Crippen molar-refractivity contribution in [2.75, 3.05) is 5.73 Å². The normalized spacial score (nSPS) is 10.9. The number of nitrogens with two attached hydrogens (primary N) is 1. The molecule has 100 valence electrons. The summed E-state index contributed by atoms with van der Waals surface area (Å²) in [5, 5.41) is 1.29. The van der Waals surface area contributed by atoms with E-state index in [1.54, 1.807) is 30.3 Å². The van der Waals surface area contributed by atoms with Gasteiger partial charge < -0.3 is 10.2 Å². The molecule has 0 bridgehead atoms. The summed E-state index contributed by atoms with van der Waals surface area (Å²) in [6, 6.07) is 12.0. The molecule has 0 aliphatic heterocycles. The lowest BCUT2D eigenvalue weighted by atomic mass is 10.1. The number of hydrogen-bond acceptors (Lipinski definition) is 3. The number of carbonyl (C=O) groups excluding carboxylic acids is 1. The first kappa shape index (κ1) is 13.2. The van der Waals surface area contributed by atoms with Gasteiger partial charge in [-0.15, -0.1) is 0 Å². The second kappa shape index (κ2) is 4.96. The summed E-state index contributed by atoms with van der Waals surface area (Å²) >= 11 is 9.18. The fourth-order valence-electron chi connectivity index (χ4n) is 1.99. The third kappa shape index (κ3) is 2.21. The van der Waals surface area contributed by atoms with E-state index in [2.05, 4.69) is 15.9 Å².